The van der Waals surface area contributed by atoms with Crippen molar-refractivity contribution < 1.29 is 4.39 Å². The maximum atomic E-state index is 12.8. The highest BCUT2D eigenvalue weighted by molar-refractivity contribution is 7.71. The third kappa shape index (κ3) is 3.08. The minimum atomic E-state index is -0.293. The SMILES string of the molecule is Fc1ccc(/C=N/n2c(Cn3cncn3)n[nH]c2=S)cc1. The smallest absolute Gasteiger partial charge is 0.216 e. The van der Waals surface area contributed by atoms with Crippen LogP contribution in [0, 0.1) is 10.6 Å². The molecule has 3 aromatic rings. The topological polar surface area (TPSA) is 76.7 Å². The van der Waals surface area contributed by atoms with Crippen molar-refractivity contribution >= 4 is 18.4 Å². The zero-order valence-corrected chi connectivity index (χ0v) is 11.5. The summed E-state index contributed by atoms with van der Waals surface area (Å²) in [6.45, 7) is 0.383. The molecule has 1 aromatic carbocycles. The maximum Gasteiger partial charge on any atom is 0.216 e. The van der Waals surface area contributed by atoms with Crippen LogP contribution in [0.1, 0.15) is 11.4 Å². The Balaban J connectivity index is 1.86. The van der Waals surface area contributed by atoms with E-state index in [1.165, 1.54) is 23.1 Å². The minimum absolute atomic E-state index is 0.293. The fourth-order valence-electron chi connectivity index (χ4n) is 1.68. The van der Waals surface area contributed by atoms with Gasteiger partial charge in [0.05, 0.1) is 6.21 Å². The molecule has 0 fully saturated rings. The number of aromatic nitrogens is 6. The fraction of sp³-hybridized carbons (Fsp3) is 0.0833. The molecule has 0 atom stereocenters. The molecule has 0 bridgehead atoms. The first-order valence-electron chi connectivity index (χ1n) is 6.01. The normalized spacial score (nSPS) is 11.3. The lowest BCUT2D eigenvalue weighted by Crippen LogP contribution is -2.06. The van der Waals surface area contributed by atoms with Crippen molar-refractivity contribution in [2.24, 2.45) is 5.10 Å². The number of H-pyrrole nitrogens is 1. The molecule has 0 amide bonds. The molecule has 0 saturated carbocycles. The van der Waals surface area contributed by atoms with Gasteiger partial charge in [-0.3, -0.25) is 5.10 Å². The summed E-state index contributed by atoms with van der Waals surface area (Å²) in [4.78, 5) is 3.86. The van der Waals surface area contributed by atoms with Gasteiger partial charge in [0.1, 0.15) is 25.0 Å². The average molecular weight is 303 g/mol. The molecule has 0 aliphatic rings. The number of halogens is 1. The van der Waals surface area contributed by atoms with Crippen LogP contribution in [0.3, 0.4) is 0 Å². The Hall–Kier alpha value is -2.68. The molecule has 0 unspecified atom stereocenters. The molecule has 1 N–H and O–H groups in total. The lowest BCUT2D eigenvalue weighted by molar-refractivity contribution is 0.623. The van der Waals surface area contributed by atoms with Gasteiger partial charge in [-0.05, 0) is 29.9 Å². The lowest BCUT2D eigenvalue weighted by Gasteiger charge is -2.00. The molecule has 3 rings (SSSR count). The van der Waals surface area contributed by atoms with Crippen molar-refractivity contribution in [3.63, 3.8) is 0 Å². The summed E-state index contributed by atoms with van der Waals surface area (Å²) in [7, 11) is 0. The highest BCUT2D eigenvalue weighted by Gasteiger charge is 2.06. The van der Waals surface area contributed by atoms with Gasteiger partial charge in [-0.25, -0.2) is 14.1 Å². The molecular formula is C12H10FN7S. The number of hydrogen-bond acceptors (Lipinski definition) is 5. The highest BCUT2D eigenvalue weighted by Crippen LogP contribution is 2.03. The van der Waals surface area contributed by atoms with E-state index in [4.69, 9.17) is 12.2 Å². The van der Waals surface area contributed by atoms with E-state index < -0.39 is 0 Å². The summed E-state index contributed by atoms with van der Waals surface area (Å²) >= 11 is 5.13. The van der Waals surface area contributed by atoms with Gasteiger partial charge in [-0.2, -0.15) is 20.0 Å². The van der Waals surface area contributed by atoms with E-state index in [2.05, 4.69) is 25.4 Å². The van der Waals surface area contributed by atoms with E-state index in [0.29, 0.717) is 17.1 Å². The van der Waals surface area contributed by atoms with Crippen molar-refractivity contribution in [2.75, 3.05) is 0 Å². The maximum absolute atomic E-state index is 12.8. The van der Waals surface area contributed by atoms with E-state index in [1.54, 1.807) is 29.4 Å². The van der Waals surface area contributed by atoms with E-state index >= 15 is 0 Å². The molecule has 0 saturated heterocycles. The van der Waals surface area contributed by atoms with Crippen LogP contribution >= 0.6 is 12.2 Å². The summed E-state index contributed by atoms with van der Waals surface area (Å²) in [6.07, 6.45) is 4.59. The van der Waals surface area contributed by atoms with Gasteiger partial charge in [0.2, 0.25) is 4.77 Å². The number of nitrogens with zero attached hydrogens (tertiary/aromatic N) is 6. The summed E-state index contributed by atoms with van der Waals surface area (Å²) in [6, 6.07) is 5.98. The first-order valence-corrected chi connectivity index (χ1v) is 6.42. The quantitative estimate of drug-likeness (QED) is 0.587. The zero-order chi connectivity index (χ0) is 14.7. The lowest BCUT2D eigenvalue weighted by atomic mass is 10.2. The zero-order valence-electron chi connectivity index (χ0n) is 10.7. The third-order valence-electron chi connectivity index (χ3n) is 2.68. The van der Waals surface area contributed by atoms with Crippen molar-refractivity contribution in [1.29, 1.82) is 0 Å². The molecule has 106 valence electrons. The highest BCUT2D eigenvalue weighted by atomic mass is 32.1. The summed E-state index contributed by atoms with van der Waals surface area (Å²) < 4.78 is 16.3. The van der Waals surface area contributed by atoms with Crippen molar-refractivity contribution in [3.8, 4) is 0 Å². The molecule has 0 spiro atoms. The Kier molecular flexibility index (Phi) is 3.65. The minimum Gasteiger partial charge on any atom is -0.250 e. The van der Waals surface area contributed by atoms with E-state index in [1.807, 2.05) is 0 Å². The molecule has 21 heavy (non-hydrogen) atoms. The van der Waals surface area contributed by atoms with Crippen LogP contribution < -0.4 is 0 Å². The van der Waals surface area contributed by atoms with Crippen molar-refractivity contribution in [3.05, 3.63) is 58.9 Å². The summed E-state index contributed by atoms with van der Waals surface area (Å²) in [5.74, 6) is 0.294. The van der Waals surface area contributed by atoms with E-state index in [9.17, 15) is 4.39 Å². The summed E-state index contributed by atoms with van der Waals surface area (Å²) in [5, 5.41) is 15.0. The molecular weight excluding hydrogens is 293 g/mol. The van der Waals surface area contributed by atoms with Crippen molar-refractivity contribution in [1.82, 2.24) is 29.6 Å². The van der Waals surface area contributed by atoms with Crippen LogP contribution in [0.15, 0.2) is 42.0 Å². The van der Waals surface area contributed by atoms with E-state index in [0.717, 1.165) is 5.56 Å². The molecule has 2 heterocycles. The molecule has 7 nitrogen and oxygen atoms in total. The Morgan fingerprint density at radius 2 is 2.14 bits per heavy atom. The van der Waals surface area contributed by atoms with Crippen LogP contribution in [0.25, 0.3) is 0 Å². The number of nitrogens with one attached hydrogen (secondary N) is 1. The first kappa shape index (κ1) is 13.3. The fourth-order valence-corrected chi connectivity index (χ4v) is 1.88. The second-order valence-corrected chi connectivity index (χ2v) is 4.53. The van der Waals surface area contributed by atoms with Gasteiger partial charge in [0.15, 0.2) is 5.82 Å². The standard InChI is InChI=1S/C12H10FN7S/c13-10-3-1-9(2-4-10)5-15-20-11(17-18-12(20)21)6-19-8-14-7-16-19/h1-5,7-8H,6H2,(H,18,21)/b15-5+. The average Bonchev–Trinajstić information content (AvgIpc) is 3.10. The second kappa shape index (κ2) is 5.75. The Labute approximate surface area is 123 Å². The van der Waals surface area contributed by atoms with Gasteiger partial charge in [-0.1, -0.05) is 12.1 Å². The van der Waals surface area contributed by atoms with Gasteiger partial charge < -0.3 is 0 Å². The Bertz CT molecular complexity index is 801. The molecule has 0 aliphatic carbocycles. The molecule has 0 aliphatic heterocycles. The van der Waals surface area contributed by atoms with Crippen LogP contribution in [-0.4, -0.2) is 35.9 Å². The Morgan fingerprint density at radius 3 is 2.86 bits per heavy atom. The van der Waals surface area contributed by atoms with Gasteiger partial charge in [0, 0.05) is 0 Å². The summed E-state index contributed by atoms with van der Waals surface area (Å²) in [5.41, 5.74) is 0.756. The number of rotatable bonds is 4. The largest absolute Gasteiger partial charge is 0.250 e. The molecule has 9 heteroatoms. The van der Waals surface area contributed by atoms with Gasteiger partial charge >= 0.3 is 0 Å². The van der Waals surface area contributed by atoms with Crippen molar-refractivity contribution in [2.45, 2.75) is 6.54 Å². The van der Waals surface area contributed by atoms with Crippen LogP contribution in [0.2, 0.25) is 0 Å². The number of hydrogen-bond donors (Lipinski definition) is 1. The predicted octanol–water partition coefficient (Wildman–Crippen LogP) is 1.60. The third-order valence-corrected chi connectivity index (χ3v) is 2.94. The molecule has 2 aromatic heterocycles. The monoisotopic (exact) mass is 303 g/mol. The number of benzene rings is 1. The van der Waals surface area contributed by atoms with Gasteiger partial charge in [0.25, 0.3) is 0 Å². The van der Waals surface area contributed by atoms with Crippen LogP contribution in [0.5, 0.6) is 0 Å². The molecule has 0 radical (unpaired) electrons. The Morgan fingerprint density at radius 1 is 1.33 bits per heavy atom. The first-order chi connectivity index (χ1) is 10.2. The van der Waals surface area contributed by atoms with Gasteiger partial charge in [-0.15, -0.1) is 0 Å². The number of aromatic amines is 1. The predicted molar refractivity (Wildman–Crippen MR) is 75.9 cm³/mol. The van der Waals surface area contributed by atoms with E-state index in [-0.39, 0.29) is 5.82 Å². The second-order valence-electron chi connectivity index (χ2n) is 4.15. The van der Waals surface area contributed by atoms with Crippen LogP contribution in [-0.2, 0) is 6.54 Å². The van der Waals surface area contributed by atoms with Crippen LogP contribution in [0.4, 0.5) is 4.39 Å².